The van der Waals surface area contributed by atoms with Crippen LogP contribution in [-0.2, 0) is 9.53 Å². The zero-order valence-corrected chi connectivity index (χ0v) is 13.0. The maximum absolute atomic E-state index is 12.0. The summed E-state index contributed by atoms with van der Waals surface area (Å²) in [6, 6.07) is 0. The molecule has 0 spiro atoms. The number of halogens is 6. The van der Waals surface area contributed by atoms with E-state index < -0.39 is 31.4 Å². The Hall–Kier alpha value is -1.07. The van der Waals surface area contributed by atoms with Gasteiger partial charge in [0.1, 0.15) is 13.2 Å². The molecule has 0 atom stereocenters. The molecule has 142 valence electrons. The van der Waals surface area contributed by atoms with Crippen molar-refractivity contribution in [2.24, 2.45) is 0 Å². The summed E-state index contributed by atoms with van der Waals surface area (Å²) in [4.78, 5) is 15.1. The van der Waals surface area contributed by atoms with Crippen molar-refractivity contribution >= 4 is 5.91 Å². The molecular weight excluding hydrogens is 344 g/mol. The lowest BCUT2D eigenvalue weighted by atomic mass is 10.3. The Balaban J connectivity index is 2.08. The number of hydrogen-bond acceptors (Lipinski definition) is 4. The van der Waals surface area contributed by atoms with E-state index in [2.05, 4.69) is 4.74 Å². The molecule has 0 saturated carbocycles. The van der Waals surface area contributed by atoms with Gasteiger partial charge in [-0.3, -0.25) is 9.69 Å². The number of carbonyl (C=O) groups is 1. The van der Waals surface area contributed by atoms with Crippen LogP contribution in [0.3, 0.4) is 0 Å². The molecule has 0 radical (unpaired) electrons. The molecule has 1 amide bonds. The Kier molecular flexibility index (Phi) is 8.23. The first-order chi connectivity index (χ1) is 11.1. The van der Waals surface area contributed by atoms with Crippen molar-refractivity contribution in [1.29, 1.82) is 0 Å². The van der Waals surface area contributed by atoms with Crippen LogP contribution < -0.4 is 5.32 Å². The first-order valence-electron chi connectivity index (χ1n) is 7.48. The number of piperazine rings is 1. The highest BCUT2D eigenvalue weighted by molar-refractivity contribution is 5.78. The highest BCUT2D eigenvalue weighted by atomic mass is 19.4. The Morgan fingerprint density at radius 2 is 1.54 bits per heavy atom. The van der Waals surface area contributed by atoms with Crippen molar-refractivity contribution in [3.05, 3.63) is 0 Å². The van der Waals surface area contributed by atoms with Crippen molar-refractivity contribution in [2.75, 3.05) is 59.0 Å². The average Bonchev–Trinajstić information content (AvgIpc) is 2.45. The number of nitrogens with zero attached hydrogens (tertiary/aromatic N) is 2. The van der Waals surface area contributed by atoms with Gasteiger partial charge in [-0.05, 0) is 6.42 Å². The molecule has 0 aliphatic carbocycles. The molecule has 0 aromatic rings. The predicted octanol–water partition coefficient (Wildman–Crippen LogP) is 1.25. The summed E-state index contributed by atoms with van der Waals surface area (Å²) in [6.45, 7) is 0.130. The maximum Gasteiger partial charge on any atom is 0.411 e. The molecular formula is C13H21F6N3O2. The average molecular weight is 365 g/mol. The van der Waals surface area contributed by atoms with E-state index in [1.165, 1.54) is 0 Å². The first kappa shape index (κ1) is 21.0. The Morgan fingerprint density at radius 1 is 0.958 bits per heavy atom. The third-order valence-electron chi connectivity index (χ3n) is 3.35. The monoisotopic (exact) mass is 365 g/mol. The van der Waals surface area contributed by atoms with Crippen LogP contribution in [0.2, 0.25) is 0 Å². The number of carbonyl (C=O) groups excluding carboxylic acids is 1. The summed E-state index contributed by atoms with van der Waals surface area (Å²) in [5.74, 6) is -0.679. The van der Waals surface area contributed by atoms with E-state index in [9.17, 15) is 31.1 Å². The minimum absolute atomic E-state index is 0.0135. The number of hydrogen-bond donors (Lipinski definition) is 1. The van der Waals surface area contributed by atoms with Crippen molar-refractivity contribution in [3.8, 4) is 0 Å². The number of nitrogens with one attached hydrogen (secondary N) is 1. The summed E-state index contributed by atoms with van der Waals surface area (Å²) < 4.78 is 76.0. The van der Waals surface area contributed by atoms with E-state index in [0.717, 1.165) is 0 Å². The molecule has 0 aromatic carbocycles. The highest BCUT2D eigenvalue weighted by Gasteiger charge is 2.28. The molecule has 0 bridgehead atoms. The van der Waals surface area contributed by atoms with Crippen molar-refractivity contribution in [2.45, 2.75) is 18.8 Å². The Morgan fingerprint density at radius 3 is 2.08 bits per heavy atom. The van der Waals surface area contributed by atoms with Crippen LogP contribution in [-0.4, -0.2) is 87.1 Å². The van der Waals surface area contributed by atoms with Crippen molar-refractivity contribution in [3.63, 3.8) is 0 Å². The molecule has 1 N–H and O–H groups in total. The second-order valence-electron chi connectivity index (χ2n) is 5.53. The van der Waals surface area contributed by atoms with Gasteiger partial charge < -0.3 is 15.0 Å². The van der Waals surface area contributed by atoms with Gasteiger partial charge in [0.15, 0.2) is 0 Å². The lowest BCUT2D eigenvalue weighted by molar-refractivity contribution is -0.174. The molecule has 1 heterocycles. The number of alkyl halides is 6. The number of rotatable bonds is 8. The smallest absolute Gasteiger partial charge is 0.372 e. The molecule has 0 unspecified atom stereocenters. The van der Waals surface area contributed by atoms with Crippen LogP contribution in [0.15, 0.2) is 0 Å². The molecule has 11 heteroatoms. The molecule has 1 fully saturated rings. The second-order valence-corrected chi connectivity index (χ2v) is 5.53. The molecule has 0 aromatic heterocycles. The van der Waals surface area contributed by atoms with Gasteiger partial charge in [0.05, 0.1) is 6.54 Å². The summed E-state index contributed by atoms with van der Waals surface area (Å²) in [5.41, 5.74) is 0. The van der Waals surface area contributed by atoms with Gasteiger partial charge in [-0.15, -0.1) is 0 Å². The largest absolute Gasteiger partial charge is 0.411 e. The minimum atomic E-state index is -4.43. The van der Waals surface area contributed by atoms with Crippen LogP contribution in [0.4, 0.5) is 26.3 Å². The van der Waals surface area contributed by atoms with E-state index in [1.807, 2.05) is 10.2 Å². The van der Waals surface area contributed by atoms with Crippen LogP contribution >= 0.6 is 0 Å². The van der Waals surface area contributed by atoms with Gasteiger partial charge in [-0.2, -0.15) is 26.3 Å². The minimum Gasteiger partial charge on any atom is -0.372 e. The fraction of sp³-hybridized carbons (Fsp3) is 0.923. The van der Waals surface area contributed by atoms with Crippen LogP contribution in [0, 0.1) is 0 Å². The van der Waals surface area contributed by atoms with Gasteiger partial charge >= 0.3 is 12.4 Å². The fourth-order valence-electron chi connectivity index (χ4n) is 2.21. The van der Waals surface area contributed by atoms with Gasteiger partial charge in [0.25, 0.3) is 0 Å². The summed E-state index contributed by atoms with van der Waals surface area (Å²) >= 11 is 0. The zero-order chi connectivity index (χ0) is 18.2. The molecule has 5 nitrogen and oxygen atoms in total. The Labute approximate surface area is 135 Å². The topological polar surface area (TPSA) is 44.8 Å². The first-order valence-corrected chi connectivity index (χ1v) is 7.48. The lowest BCUT2D eigenvalue weighted by Gasteiger charge is -2.34. The molecule has 1 saturated heterocycles. The van der Waals surface area contributed by atoms with Gasteiger partial charge in [0, 0.05) is 39.3 Å². The normalized spacial score (nSPS) is 17.9. The van der Waals surface area contributed by atoms with E-state index in [-0.39, 0.29) is 13.2 Å². The van der Waals surface area contributed by atoms with Crippen LogP contribution in [0.1, 0.15) is 6.42 Å². The molecule has 24 heavy (non-hydrogen) atoms. The van der Waals surface area contributed by atoms with Gasteiger partial charge in [-0.25, -0.2) is 0 Å². The van der Waals surface area contributed by atoms with Crippen molar-refractivity contribution in [1.82, 2.24) is 15.1 Å². The maximum atomic E-state index is 12.0. The number of ether oxygens (including phenoxy) is 1. The number of amides is 1. The molecule has 1 rings (SSSR count). The summed E-state index contributed by atoms with van der Waals surface area (Å²) in [5, 5.41) is 1.81. The fourth-order valence-corrected chi connectivity index (χ4v) is 2.21. The van der Waals surface area contributed by atoms with Crippen molar-refractivity contribution < 1.29 is 35.9 Å². The summed E-state index contributed by atoms with van der Waals surface area (Å²) in [7, 11) is 0. The quantitative estimate of drug-likeness (QED) is 0.520. The highest BCUT2D eigenvalue weighted by Crippen LogP contribution is 2.14. The molecule has 1 aliphatic heterocycles. The molecule has 1 aliphatic rings. The van der Waals surface area contributed by atoms with Crippen LogP contribution in [0.25, 0.3) is 0 Å². The van der Waals surface area contributed by atoms with Crippen LogP contribution in [0.5, 0.6) is 0 Å². The second kappa shape index (κ2) is 9.42. The van der Waals surface area contributed by atoms with E-state index in [0.29, 0.717) is 39.1 Å². The van der Waals surface area contributed by atoms with Gasteiger partial charge in [-0.1, -0.05) is 0 Å². The SMILES string of the molecule is O=C(CN1CCN(CCCOCC(F)(F)F)CC1)NCC(F)(F)F. The summed E-state index contributed by atoms with van der Waals surface area (Å²) in [6.07, 6.45) is -8.29. The van der Waals surface area contributed by atoms with E-state index >= 15 is 0 Å². The third-order valence-corrected chi connectivity index (χ3v) is 3.35. The van der Waals surface area contributed by atoms with E-state index in [1.54, 1.807) is 4.90 Å². The van der Waals surface area contributed by atoms with Gasteiger partial charge in [0.2, 0.25) is 5.91 Å². The van der Waals surface area contributed by atoms with E-state index in [4.69, 9.17) is 0 Å². The zero-order valence-electron chi connectivity index (χ0n) is 13.0. The third kappa shape index (κ3) is 10.7. The predicted molar refractivity (Wildman–Crippen MR) is 73.4 cm³/mol. The standard InChI is InChI=1S/C13H21F6N3O2/c14-12(15,16)9-20-11(23)8-22-5-3-21(4-6-22)2-1-7-24-10-13(17,18)19/h1-10H2,(H,20,23). The Bertz CT molecular complexity index is 381. The lowest BCUT2D eigenvalue weighted by Crippen LogP contribution is -2.50.